The van der Waals surface area contributed by atoms with E-state index in [2.05, 4.69) is 195 Å². The first-order valence-electron chi connectivity index (χ1n) is 20.0. The molecule has 3 nitrogen and oxygen atoms in total. The third-order valence-corrected chi connectivity index (χ3v) is 12.5. The molecule has 274 valence electrons. The van der Waals surface area contributed by atoms with E-state index < -0.39 is 0 Å². The highest BCUT2D eigenvalue weighted by Gasteiger charge is 2.35. The summed E-state index contributed by atoms with van der Waals surface area (Å²) in [5, 5.41) is 6.68. The van der Waals surface area contributed by atoms with Crippen LogP contribution in [-0.2, 0) is 5.41 Å². The molecule has 0 radical (unpaired) electrons. The minimum atomic E-state index is -0.124. The monoisotopic (exact) mass is 743 g/mol. The first-order valence-corrected chi connectivity index (χ1v) is 20.0. The van der Waals surface area contributed by atoms with Gasteiger partial charge in [0.05, 0.1) is 11.4 Å². The van der Waals surface area contributed by atoms with Crippen LogP contribution < -0.4 is 4.90 Å². The van der Waals surface area contributed by atoms with Gasteiger partial charge in [-0.05, 0) is 92.2 Å². The average molecular weight is 744 g/mol. The molecule has 0 amide bonds. The highest BCUT2D eigenvalue weighted by atomic mass is 16.3. The summed E-state index contributed by atoms with van der Waals surface area (Å²) in [5.74, 6) is 0. The molecule has 58 heavy (non-hydrogen) atoms. The molecule has 2 aromatic heterocycles. The summed E-state index contributed by atoms with van der Waals surface area (Å²) in [6.07, 6.45) is 0. The second-order valence-corrected chi connectivity index (χ2v) is 16.0. The van der Waals surface area contributed by atoms with Crippen LogP contribution in [0.3, 0.4) is 0 Å². The zero-order valence-corrected chi connectivity index (χ0v) is 32.2. The molecule has 11 aromatic rings. The van der Waals surface area contributed by atoms with E-state index in [0.29, 0.717) is 0 Å². The van der Waals surface area contributed by atoms with Gasteiger partial charge in [0.25, 0.3) is 0 Å². The standard InChI is InChI=1S/C55H37NO2/c1-55(2)46-22-10-8-18-40(46)41-31-28-37(33-47(41)55)51-39-17-7-6-16-36(39)32-45-44-21-13-24-49(53(44)58-54(45)51)56(38-29-26-35(27-30-38)34-14-4-3-5-15-34)48-23-12-20-43-42-19-9-11-25-50(42)57-52(43)48/h3-33H,1-2H3. The number of fused-ring (bicyclic) bond motifs is 10. The van der Waals surface area contributed by atoms with Crippen molar-refractivity contribution in [3.05, 3.63) is 199 Å². The summed E-state index contributed by atoms with van der Waals surface area (Å²) in [6, 6.07) is 67.4. The van der Waals surface area contributed by atoms with Gasteiger partial charge in [-0.1, -0.05) is 159 Å². The number of hydrogen-bond acceptors (Lipinski definition) is 3. The van der Waals surface area contributed by atoms with Crippen molar-refractivity contribution in [2.45, 2.75) is 19.3 Å². The van der Waals surface area contributed by atoms with E-state index in [-0.39, 0.29) is 5.41 Å². The third-order valence-electron chi connectivity index (χ3n) is 12.5. The second-order valence-electron chi connectivity index (χ2n) is 16.0. The Hall–Kier alpha value is -7.36. The summed E-state index contributed by atoms with van der Waals surface area (Å²) in [6.45, 7) is 4.69. The maximum Gasteiger partial charge on any atom is 0.159 e. The van der Waals surface area contributed by atoms with Crippen molar-refractivity contribution >= 4 is 71.7 Å². The Bertz CT molecular complexity index is 3420. The molecule has 0 saturated heterocycles. The highest BCUT2D eigenvalue weighted by Crippen LogP contribution is 2.52. The van der Waals surface area contributed by atoms with Crippen molar-refractivity contribution in [2.75, 3.05) is 4.90 Å². The van der Waals surface area contributed by atoms with Crippen LogP contribution in [0.5, 0.6) is 0 Å². The molecule has 12 rings (SSSR count). The quantitative estimate of drug-likeness (QED) is 0.176. The van der Waals surface area contributed by atoms with Crippen LogP contribution in [0.4, 0.5) is 17.1 Å². The molecule has 0 spiro atoms. The van der Waals surface area contributed by atoms with Crippen LogP contribution in [0.25, 0.3) is 88.0 Å². The van der Waals surface area contributed by atoms with E-state index >= 15 is 0 Å². The van der Waals surface area contributed by atoms with Crippen molar-refractivity contribution < 1.29 is 8.83 Å². The van der Waals surface area contributed by atoms with Gasteiger partial charge in [0, 0.05) is 38.2 Å². The third kappa shape index (κ3) is 4.74. The Morgan fingerprint density at radius 3 is 1.81 bits per heavy atom. The van der Waals surface area contributed by atoms with Gasteiger partial charge in [0.15, 0.2) is 11.2 Å². The largest absolute Gasteiger partial charge is 0.454 e. The van der Waals surface area contributed by atoms with Crippen LogP contribution in [0.1, 0.15) is 25.0 Å². The van der Waals surface area contributed by atoms with Crippen LogP contribution in [0, 0.1) is 0 Å². The Kier molecular flexibility index (Phi) is 6.98. The molecule has 9 aromatic carbocycles. The van der Waals surface area contributed by atoms with Crippen molar-refractivity contribution in [3.63, 3.8) is 0 Å². The summed E-state index contributed by atoms with van der Waals surface area (Å²) >= 11 is 0. The molecule has 0 bridgehead atoms. The van der Waals surface area contributed by atoms with Crippen molar-refractivity contribution in [3.8, 4) is 33.4 Å². The Balaban J connectivity index is 1.12. The van der Waals surface area contributed by atoms with E-state index in [1.54, 1.807) is 0 Å². The van der Waals surface area contributed by atoms with Crippen LogP contribution in [-0.4, -0.2) is 0 Å². The fraction of sp³-hybridized carbons (Fsp3) is 0.0545. The molecule has 0 N–H and O–H groups in total. The summed E-state index contributed by atoms with van der Waals surface area (Å²) in [4.78, 5) is 2.30. The topological polar surface area (TPSA) is 29.5 Å². The zero-order valence-electron chi connectivity index (χ0n) is 32.2. The lowest BCUT2D eigenvalue weighted by atomic mass is 9.81. The minimum absolute atomic E-state index is 0.124. The molecule has 0 fully saturated rings. The zero-order chi connectivity index (χ0) is 38.5. The fourth-order valence-corrected chi connectivity index (χ4v) is 9.65. The number of benzene rings is 9. The van der Waals surface area contributed by atoms with Gasteiger partial charge in [0.2, 0.25) is 0 Å². The lowest BCUT2D eigenvalue weighted by molar-refractivity contribution is 0.660. The molecular formula is C55H37NO2. The number of hydrogen-bond donors (Lipinski definition) is 0. The molecular weight excluding hydrogens is 707 g/mol. The molecule has 0 saturated carbocycles. The summed E-state index contributed by atoms with van der Waals surface area (Å²) < 4.78 is 14.0. The van der Waals surface area contributed by atoms with E-state index in [4.69, 9.17) is 8.83 Å². The molecule has 0 unspecified atom stereocenters. The maximum absolute atomic E-state index is 7.33. The minimum Gasteiger partial charge on any atom is -0.454 e. The van der Waals surface area contributed by atoms with Gasteiger partial charge >= 0.3 is 0 Å². The van der Waals surface area contributed by atoms with E-state index in [1.165, 1.54) is 38.6 Å². The molecule has 1 aliphatic carbocycles. The number of rotatable bonds is 5. The predicted octanol–water partition coefficient (Wildman–Crippen LogP) is 15.7. The van der Waals surface area contributed by atoms with Crippen molar-refractivity contribution in [1.29, 1.82) is 0 Å². The summed E-state index contributed by atoms with van der Waals surface area (Å²) in [7, 11) is 0. The fourth-order valence-electron chi connectivity index (χ4n) is 9.65. The van der Waals surface area contributed by atoms with Crippen LogP contribution in [0.2, 0.25) is 0 Å². The number of nitrogens with zero attached hydrogens (tertiary/aromatic N) is 1. The van der Waals surface area contributed by atoms with E-state index in [0.717, 1.165) is 77.6 Å². The van der Waals surface area contributed by atoms with Gasteiger partial charge < -0.3 is 13.7 Å². The van der Waals surface area contributed by atoms with E-state index in [1.807, 2.05) is 12.1 Å². The number of anilines is 3. The average Bonchev–Trinajstić information content (AvgIpc) is 3.92. The SMILES string of the molecule is CC1(C)c2ccccc2-c2ccc(-c3c4ccccc4cc4c3oc3c(N(c5ccc(-c6ccccc6)cc5)c5cccc6c5oc5ccccc56)cccc34)cc21. The highest BCUT2D eigenvalue weighted by molar-refractivity contribution is 6.21. The first-order chi connectivity index (χ1) is 28.5. The molecule has 2 heterocycles. The maximum atomic E-state index is 7.33. The molecule has 3 heteroatoms. The number of para-hydroxylation sites is 3. The van der Waals surface area contributed by atoms with Crippen molar-refractivity contribution in [2.24, 2.45) is 0 Å². The van der Waals surface area contributed by atoms with Crippen LogP contribution in [0.15, 0.2) is 197 Å². The van der Waals surface area contributed by atoms with E-state index in [9.17, 15) is 0 Å². The lowest BCUT2D eigenvalue weighted by Gasteiger charge is -2.25. The van der Waals surface area contributed by atoms with Gasteiger partial charge in [-0.2, -0.15) is 0 Å². The summed E-state index contributed by atoms with van der Waals surface area (Å²) in [5.41, 5.74) is 16.1. The van der Waals surface area contributed by atoms with Gasteiger partial charge in [-0.3, -0.25) is 0 Å². The Labute approximate surface area is 336 Å². The van der Waals surface area contributed by atoms with Gasteiger partial charge in [0.1, 0.15) is 11.2 Å². The molecule has 0 aliphatic heterocycles. The Morgan fingerprint density at radius 1 is 0.397 bits per heavy atom. The van der Waals surface area contributed by atoms with Crippen LogP contribution >= 0.6 is 0 Å². The van der Waals surface area contributed by atoms with Crippen molar-refractivity contribution in [1.82, 2.24) is 0 Å². The smallest absolute Gasteiger partial charge is 0.159 e. The molecule has 1 aliphatic rings. The predicted molar refractivity (Wildman–Crippen MR) is 242 cm³/mol. The number of furan rings is 2. The first kappa shape index (κ1) is 32.8. The Morgan fingerprint density at radius 2 is 1.00 bits per heavy atom. The second kappa shape index (κ2) is 12.3. The normalized spacial score (nSPS) is 13.1. The molecule has 0 atom stereocenters. The lowest BCUT2D eigenvalue weighted by Crippen LogP contribution is -2.14. The van der Waals surface area contributed by atoms with Gasteiger partial charge in [-0.15, -0.1) is 0 Å². The van der Waals surface area contributed by atoms with Gasteiger partial charge in [-0.25, -0.2) is 0 Å².